The Labute approximate surface area is 123 Å². The lowest BCUT2D eigenvalue weighted by molar-refractivity contribution is 0.146. The Morgan fingerprint density at radius 3 is 2.65 bits per heavy atom. The van der Waals surface area contributed by atoms with Gasteiger partial charge in [0, 0.05) is 17.6 Å². The number of anilines is 1. The summed E-state index contributed by atoms with van der Waals surface area (Å²) >= 11 is 3.18. The normalized spacial score (nSPS) is 11.3. The number of aromatic nitrogens is 1. The lowest BCUT2D eigenvalue weighted by Gasteiger charge is -2.14. The summed E-state index contributed by atoms with van der Waals surface area (Å²) in [7, 11) is 0. The van der Waals surface area contributed by atoms with Crippen LogP contribution in [0, 0.1) is 12.7 Å². The molecule has 1 aromatic heterocycles. The van der Waals surface area contributed by atoms with E-state index in [1.165, 1.54) is 12.1 Å². The molecule has 0 aliphatic carbocycles. The predicted octanol–water partition coefficient (Wildman–Crippen LogP) is 5.20. The van der Waals surface area contributed by atoms with Crippen molar-refractivity contribution in [2.75, 3.05) is 11.9 Å². The van der Waals surface area contributed by atoms with Gasteiger partial charge in [0.2, 0.25) is 0 Å². The first-order valence-corrected chi connectivity index (χ1v) is 7.06. The van der Waals surface area contributed by atoms with E-state index in [0.29, 0.717) is 28.7 Å². The minimum atomic E-state index is -2.66. The first kappa shape index (κ1) is 15.1. The van der Waals surface area contributed by atoms with Crippen LogP contribution in [0.3, 0.4) is 0 Å². The van der Waals surface area contributed by atoms with Gasteiger partial charge in [0.25, 0.3) is 6.43 Å². The molecule has 0 aliphatic rings. The second-order valence-corrected chi connectivity index (χ2v) is 5.33. The summed E-state index contributed by atoms with van der Waals surface area (Å²) in [6.07, 6.45) is -1.83. The molecule has 2 rings (SSSR count). The van der Waals surface area contributed by atoms with Gasteiger partial charge in [0.1, 0.15) is 11.5 Å². The number of nitrogens with zero attached hydrogens (tertiary/aromatic N) is 1. The fourth-order valence-electron chi connectivity index (χ4n) is 2.02. The van der Waals surface area contributed by atoms with Crippen LogP contribution in [0.5, 0.6) is 0 Å². The van der Waals surface area contributed by atoms with E-state index in [2.05, 4.69) is 26.2 Å². The largest absolute Gasteiger partial charge is 0.384 e. The Kier molecular flexibility index (Phi) is 4.52. The number of halogens is 4. The molecule has 108 valence electrons. The maximum atomic E-state index is 13.8. The number of rotatable bonds is 4. The number of benzene rings is 1. The minimum Gasteiger partial charge on any atom is -0.384 e. The SMILES string of the molecule is CCCNc1cc(C(F)F)nc2c(C)cc(F)c(Br)c12. The van der Waals surface area contributed by atoms with Gasteiger partial charge in [-0.1, -0.05) is 6.92 Å². The highest BCUT2D eigenvalue weighted by Gasteiger charge is 2.18. The number of alkyl halides is 2. The summed E-state index contributed by atoms with van der Waals surface area (Å²) in [4.78, 5) is 3.96. The highest BCUT2D eigenvalue weighted by atomic mass is 79.9. The molecule has 20 heavy (non-hydrogen) atoms. The van der Waals surface area contributed by atoms with E-state index in [1.807, 2.05) is 6.92 Å². The van der Waals surface area contributed by atoms with E-state index in [0.717, 1.165) is 6.42 Å². The number of pyridine rings is 1. The summed E-state index contributed by atoms with van der Waals surface area (Å²) in [6, 6.07) is 2.57. The van der Waals surface area contributed by atoms with E-state index >= 15 is 0 Å². The molecule has 0 bridgehead atoms. The Morgan fingerprint density at radius 1 is 1.35 bits per heavy atom. The van der Waals surface area contributed by atoms with E-state index in [9.17, 15) is 13.2 Å². The number of fused-ring (bicyclic) bond motifs is 1. The molecule has 2 aromatic rings. The maximum Gasteiger partial charge on any atom is 0.280 e. The van der Waals surface area contributed by atoms with Gasteiger partial charge in [-0.3, -0.25) is 0 Å². The van der Waals surface area contributed by atoms with Gasteiger partial charge in [-0.15, -0.1) is 0 Å². The molecule has 6 heteroatoms. The molecule has 0 unspecified atom stereocenters. The van der Waals surface area contributed by atoms with Gasteiger partial charge in [-0.25, -0.2) is 18.2 Å². The number of nitrogens with one attached hydrogen (secondary N) is 1. The molecule has 0 atom stereocenters. The molecule has 0 fully saturated rings. The van der Waals surface area contributed by atoms with E-state index in [-0.39, 0.29) is 10.2 Å². The van der Waals surface area contributed by atoms with Crippen LogP contribution in [0.4, 0.5) is 18.9 Å². The van der Waals surface area contributed by atoms with Crippen molar-refractivity contribution in [2.45, 2.75) is 26.7 Å². The average molecular weight is 347 g/mol. The van der Waals surface area contributed by atoms with Crippen LogP contribution in [0.15, 0.2) is 16.6 Å². The van der Waals surface area contributed by atoms with Crippen molar-refractivity contribution in [1.29, 1.82) is 0 Å². The fourth-order valence-corrected chi connectivity index (χ4v) is 2.54. The molecule has 0 saturated heterocycles. The Morgan fingerprint density at radius 2 is 2.05 bits per heavy atom. The summed E-state index contributed by atoms with van der Waals surface area (Å²) in [6.45, 7) is 4.23. The summed E-state index contributed by atoms with van der Waals surface area (Å²) in [5.74, 6) is -0.429. The van der Waals surface area contributed by atoms with Crippen LogP contribution in [-0.2, 0) is 0 Å². The Bertz CT molecular complexity index is 644. The van der Waals surface area contributed by atoms with Crippen LogP contribution in [0.2, 0.25) is 0 Å². The van der Waals surface area contributed by atoms with Gasteiger partial charge in [-0.05, 0) is 47.0 Å². The predicted molar refractivity (Wildman–Crippen MR) is 77.9 cm³/mol. The first-order chi connectivity index (χ1) is 9.45. The van der Waals surface area contributed by atoms with E-state index in [4.69, 9.17) is 0 Å². The zero-order valence-corrected chi connectivity index (χ0v) is 12.7. The highest BCUT2D eigenvalue weighted by molar-refractivity contribution is 9.10. The molecule has 1 N–H and O–H groups in total. The van der Waals surface area contributed by atoms with E-state index < -0.39 is 12.2 Å². The quantitative estimate of drug-likeness (QED) is 0.822. The summed E-state index contributed by atoms with van der Waals surface area (Å²) in [5, 5.41) is 3.56. The highest BCUT2D eigenvalue weighted by Crippen LogP contribution is 2.36. The van der Waals surface area contributed by atoms with Crippen LogP contribution in [0.25, 0.3) is 10.9 Å². The topological polar surface area (TPSA) is 24.9 Å². The lowest BCUT2D eigenvalue weighted by Crippen LogP contribution is -2.04. The Hall–Kier alpha value is -1.30. The van der Waals surface area contributed by atoms with Gasteiger partial charge in [0.15, 0.2) is 0 Å². The van der Waals surface area contributed by atoms with Crippen molar-refractivity contribution in [2.24, 2.45) is 0 Å². The van der Waals surface area contributed by atoms with Crippen molar-refractivity contribution < 1.29 is 13.2 Å². The lowest BCUT2D eigenvalue weighted by atomic mass is 10.1. The third-order valence-corrected chi connectivity index (χ3v) is 3.75. The molecule has 0 amide bonds. The maximum absolute atomic E-state index is 13.8. The van der Waals surface area contributed by atoms with Gasteiger partial charge >= 0.3 is 0 Å². The molecular weight excluding hydrogens is 333 g/mol. The van der Waals surface area contributed by atoms with E-state index in [1.54, 1.807) is 6.92 Å². The van der Waals surface area contributed by atoms with Crippen molar-refractivity contribution in [3.8, 4) is 0 Å². The van der Waals surface area contributed by atoms with Crippen LogP contribution >= 0.6 is 15.9 Å². The number of hydrogen-bond donors (Lipinski definition) is 1. The second kappa shape index (κ2) is 5.99. The number of hydrogen-bond acceptors (Lipinski definition) is 2. The van der Waals surface area contributed by atoms with Gasteiger partial charge in [0.05, 0.1) is 9.99 Å². The minimum absolute atomic E-state index is 0.241. The first-order valence-electron chi connectivity index (χ1n) is 6.27. The standard InChI is InChI=1S/C14H14BrF3N2/c1-3-4-19-9-6-10(14(17)18)20-13-7(2)5-8(16)12(15)11(9)13/h5-6,14H,3-4H2,1-2H3,(H,19,20). The molecule has 1 aromatic carbocycles. The summed E-state index contributed by atoms with van der Waals surface area (Å²) in [5.41, 5.74) is 1.08. The molecular formula is C14H14BrF3N2. The molecule has 0 saturated carbocycles. The molecule has 0 radical (unpaired) electrons. The van der Waals surface area contributed by atoms with Crippen molar-refractivity contribution in [3.05, 3.63) is 33.7 Å². The van der Waals surface area contributed by atoms with Crippen molar-refractivity contribution in [1.82, 2.24) is 4.98 Å². The average Bonchev–Trinajstić information content (AvgIpc) is 2.41. The molecule has 0 spiro atoms. The fraction of sp³-hybridized carbons (Fsp3) is 0.357. The third-order valence-electron chi connectivity index (χ3n) is 2.97. The number of aryl methyl sites for hydroxylation is 1. The zero-order valence-electron chi connectivity index (χ0n) is 11.1. The van der Waals surface area contributed by atoms with Gasteiger partial charge in [-0.2, -0.15) is 0 Å². The van der Waals surface area contributed by atoms with Crippen molar-refractivity contribution >= 4 is 32.5 Å². The molecule has 2 nitrogen and oxygen atoms in total. The smallest absolute Gasteiger partial charge is 0.280 e. The van der Waals surface area contributed by atoms with Crippen LogP contribution in [0.1, 0.15) is 31.0 Å². The second-order valence-electron chi connectivity index (χ2n) is 4.54. The third kappa shape index (κ3) is 2.75. The van der Waals surface area contributed by atoms with Gasteiger partial charge < -0.3 is 5.32 Å². The Balaban J connectivity index is 2.77. The van der Waals surface area contributed by atoms with Crippen LogP contribution in [-0.4, -0.2) is 11.5 Å². The van der Waals surface area contributed by atoms with Crippen LogP contribution < -0.4 is 5.32 Å². The summed E-state index contributed by atoms with van der Waals surface area (Å²) < 4.78 is 39.9. The van der Waals surface area contributed by atoms with Crippen molar-refractivity contribution in [3.63, 3.8) is 0 Å². The molecule has 1 heterocycles. The zero-order chi connectivity index (χ0) is 14.9. The molecule has 0 aliphatic heterocycles. The monoisotopic (exact) mass is 346 g/mol.